The molecular formula is C21H22N2O6. The molecule has 0 heterocycles. The number of carbonyl (C=O) groups is 2. The molecule has 152 valence electrons. The van der Waals surface area contributed by atoms with E-state index >= 15 is 0 Å². The van der Waals surface area contributed by atoms with Gasteiger partial charge in [0.2, 0.25) is 5.78 Å². The number of rotatable bonds is 8. The van der Waals surface area contributed by atoms with E-state index in [9.17, 15) is 19.7 Å². The lowest BCUT2D eigenvalue weighted by molar-refractivity contribution is -0.384. The Morgan fingerprint density at radius 1 is 1.21 bits per heavy atom. The van der Waals surface area contributed by atoms with Crippen LogP contribution in [0.5, 0.6) is 0 Å². The number of nitro groups is 1. The summed E-state index contributed by atoms with van der Waals surface area (Å²) in [6.07, 6.45) is 1.95. The molecule has 1 aliphatic rings. The van der Waals surface area contributed by atoms with E-state index in [1.807, 2.05) is 12.1 Å². The minimum absolute atomic E-state index is 0.0683. The number of hydrogen-bond donors (Lipinski definition) is 2. The van der Waals surface area contributed by atoms with Crippen LogP contribution in [0.2, 0.25) is 0 Å². The predicted octanol–water partition coefficient (Wildman–Crippen LogP) is 2.92. The van der Waals surface area contributed by atoms with Crippen LogP contribution in [-0.4, -0.2) is 41.0 Å². The van der Waals surface area contributed by atoms with E-state index in [1.54, 1.807) is 6.07 Å². The van der Waals surface area contributed by atoms with Gasteiger partial charge in [-0.3, -0.25) is 14.9 Å². The maximum Gasteiger partial charge on any atom is 0.341 e. The van der Waals surface area contributed by atoms with Gasteiger partial charge in [-0.1, -0.05) is 12.1 Å². The van der Waals surface area contributed by atoms with Crippen LogP contribution in [0.1, 0.15) is 45.2 Å². The van der Waals surface area contributed by atoms with Gasteiger partial charge in [-0.25, -0.2) is 4.79 Å². The fourth-order valence-electron chi connectivity index (χ4n) is 3.40. The molecule has 3 rings (SSSR count). The quantitative estimate of drug-likeness (QED) is 0.304. The van der Waals surface area contributed by atoms with E-state index in [4.69, 9.17) is 9.84 Å². The summed E-state index contributed by atoms with van der Waals surface area (Å²) < 4.78 is 5.31. The largest absolute Gasteiger partial charge is 0.451 e. The number of esters is 1. The third kappa shape index (κ3) is 4.60. The number of anilines is 1. The van der Waals surface area contributed by atoms with E-state index in [0.29, 0.717) is 5.56 Å². The number of hydrogen-bond acceptors (Lipinski definition) is 7. The van der Waals surface area contributed by atoms with Crippen LogP contribution in [0.4, 0.5) is 11.4 Å². The second kappa shape index (κ2) is 8.83. The zero-order valence-electron chi connectivity index (χ0n) is 16.0. The number of nitrogens with one attached hydrogen (secondary N) is 1. The average Bonchev–Trinajstić information content (AvgIpc) is 3.19. The molecule has 2 aromatic carbocycles. The number of Topliss-reactive ketones (excluding diaryl/α,β-unsaturated/α-hetero) is 1. The summed E-state index contributed by atoms with van der Waals surface area (Å²) in [4.78, 5) is 35.8. The number of benzene rings is 2. The Hall–Kier alpha value is -3.26. The van der Waals surface area contributed by atoms with Crippen LogP contribution >= 0.6 is 0 Å². The molecule has 0 aliphatic heterocycles. The number of nitro benzene ring substituents is 1. The normalized spacial score (nSPS) is 13.4. The molecule has 0 spiro atoms. The average molecular weight is 398 g/mol. The summed E-state index contributed by atoms with van der Waals surface area (Å²) in [7, 11) is 0. The van der Waals surface area contributed by atoms with Gasteiger partial charge in [0.15, 0.2) is 6.10 Å². The Morgan fingerprint density at radius 2 is 1.97 bits per heavy atom. The second-order valence-corrected chi connectivity index (χ2v) is 6.89. The van der Waals surface area contributed by atoms with E-state index in [1.165, 1.54) is 24.6 Å². The molecule has 2 aromatic rings. The van der Waals surface area contributed by atoms with E-state index in [0.717, 1.165) is 30.9 Å². The van der Waals surface area contributed by atoms with Crippen LogP contribution in [0.3, 0.4) is 0 Å². The van der Waals surface area contributed by atoms with E-state index in [-0.39, 0.29) is 35.9 Å². The summed E-state index contributed by atoms with van der Waals surface area (Å²) in [5.41, 5.74) is 2.80. The number of aliphatic hydroxyl groups excluding tert-OH is 1. The maximum absolute atomic E-state index is 12.7. The predicted molar refractivity (Wildman–Crippen MR) is 106 cm³/mol. The topological polar surface area (TPSA) is 119 Å². The first kappa shape index (κ1) is 20.5. The maximum atomic E-state index is 12.7. The number of aryl methyl sites for hydroxylation is 2. The van der Waals surface area contributed by atoms with Gasteiger partial charge in [-0.15, -0.1) is 0 Å². The van der Waals surface area contributed by atoms with Crippen LogP contribution in [-0.2, 0) is 17.6 Å². The number of aliphatic hydroxyl groups is 1. The smallest absolute Gasteiger partial charge is 0.341 e. The van der Waals surface area contributed by atoms with E-state index < -0.39 is 17.0 Å². The van der Waals surface area contributed by atoms with Crippen molar-refractivity contribution < 1.29 is 24.4 Å². The van der Waals surface area contributed by atoms with Crippen molar-refractivity contribution in [3.05, 3.63) is 68.8 Å². The summed E-state index contributed by atoms with van der Waals surface area (Å²) in [5.74, 6) is -1.18. The number of fused-ring (bicyclic) bond motifs is 1. The lowest BCUT2D eigenvalue weighted by atomic mass is 10.0. The highest BCUT2D eigenvalue weighted by atomic mass is 16.6. The summed E-state index contributed by atoms with van der Waals surface area (Å²) >= 11 is 0. The van der Waals surface area contributed by atoms with Crippen molar-refractivity contribution in [3.63, 3.8) is 0 Å². The van der Waals surface area contributed by atoms with Gasteiger partial charge in [-0.05, 0) is 49.4 Å². The van der Waals surface area contributed by atoms with Crippen molar-refractivity contribution in [2.24, 2.45) is 0 Å². The molecule has 1 atom stereocenters. The highest BCUT2D eigenvalue weighted by Crippen LogP contribution is 2.25. The lowest BCUT2D eigenvalue weighted by Crippen LogP contribution is -2.25. The third-order valence-electron chi connectivity index (χ3n) is 4.90. The molecule has 1 aliphatic carbocycles. The molecule has 1 unspecified atom stereocenters. The number of ketones is 1. The second-order valence-electron chi connectivity index (χ2n) is 6.89. The monoisotopic (exact) mass is 398 g/mol. The molecule has 0 bridgehead atoms. The highest BCUT2D eigenvalue weighted by Gasteiger charge is 2.25. The van der Waals surface area contributed by atoms with Gasteiger partial charge in [0.1, 0.15) is 0 Å². The Bertz CT molecular complexity index is 956. The number of ether oxygens (including phenoxy) is 1. The van der Waals surface area contributed by atoms with Crippen LogP contribution in [0.25, 0.3) is 0 Å². The molecule has 0 amide bonds. The van der Waals surface area contributed by atoms with Crippen molar-refractivity contribution in [2.75, 3.05) is 18.5 Å². The Balaban J connectivity index is 1.78. The first-order valence-electron chi connectivity index (χ1n) is 9.41. The van der Waals surface area contributed by atoms with Gasteiger partial charge in [0, 0.05) is 29.9 Å². The van der Waals surface area contributed by atoms with Gasteiger partial charge in [0.05, 0.1) is 17.1 Å². The molecule has 2 N–H and O–H groups in total. The minimum atomic E-state index is -1.05. The third-order valence-corrected chi connectivity index (χ3v) is 4.90. The summed E-state index contributed by atoms with van der Waals surface area (Å²) in [5, 5.41) is 22.8. The summed E-state index contributed by atoms with van der Waals surface area (Å²) in [6.45, 7) is 1.45. The molecule has 8 heteroatoms. The SMILES string of the molecule is CC(OC(=O)c1cc([N+](=O)[O-])ccc1NCCO)C(=O)c1ccc2c(c1)CCC2. The van der Waals surface area contributed by atoms with Gasteiger partial charge in [0.25, 0.3) is 5.69 Å². The standard InChI is InChI=1S/C21H22N2O6/c1-13(20(25)16-6-5-14-3-2-4-15(14)11-16)29-21(26)18-12-17(23(27)28)7-8-19(18)22-9-10-24/h5-8,11-13,22,24H,2-4,9-10H2,1H3. The van der Waals surface area contributed by atoms with Crippen molar-refractivity contribution >= 4 is 23.1 Å². The molecule has 0 fully saturated rings. The Kier molecular flexibility index (Phi) is 6.23. The van der Waals surface area contributed by atoms with Gasteiger partial charge >= 0.3 is 5.97 Å². The molecular weight excluding hydrogens is 376 g/mol. The van der Waals surface area contributed by atoms with Crippen LogP contribution in [0.15, 0.2) is 36.4 Å². The molecule has 0 saturated carbocycles. The van der Waals surface area contributed by atoms with Crippen molar-refractivity contribution in [2.45, 2.75) is 32.3 Å². The first-order chi connectivity index (χ1) is 13.9. The molecule has 0 saturated heterocycles. The Morgan fingerprint density at radius 3 is 2.69 bits per heavy atom. The van der Waals surface area contributed by atoms with Crippen LogP contribution in [0, 0.1) is 10.1 Å². The van der Waals surface area contributed by atoms with Crippen molar-refractivity contribution in [3.8, 4) is 0 Å². The molecule has 0 radical (unpaired) electrons. The molecule has 8 nitrogen and oxygen atoms in total. The van der Waals surface area contributed by atoms with Gasteiger partial charge < -0.3 is 15.2 Å². The zero-order chi connectivity index (χ0) is 21.0. The summed E-state index contributed by atoms with van der Waals surface area (Å²) in [6, 6.07) is 9.22. The number of carbonyl (C=O) groups excluding carboxylic acids is 2. The van der Waals surface area contributed by atoms with Gasteiger partial charge in [-0.2, -0.15) is 0 Å². The lowest BCUT2D eigenvalue weighted by Gasteiger charge is -2.15. The molecule has 0 aromatic heterocycles. The van der Waals surface area contributed by atoms with E-state index in [2.05, 4.69) is 5.32 Å². The molecule has 29 heavy (non-hydrogen) atoms. The van der Waals surface area contributed by atoms with Crippen LogP contribution < -0.4 is 5.32 Å². The minimum Gasteiger partial charge on any atom is -0.451 e. The zero-order valence-corrected chi connectivity index (χ0v) is 16.0. The van der Waals surface area contributed by atoms with Crippen molar-refractivity contribution in [1.82, 2.24) is 0 Å². The highest BCUT2D eigenvalue weighted by molar-refractivity contribution is 6.03. The Labute approximate surface area is 167 Å². The number of nitrogens with zero attached hydrogens (tertiary/aromatic N) is 1. The first-order valence-corrected chi connectivity index (χ1v) is 9.41. The fraction of sp³-hybridized carbons (Fsp3) is 0.333. The number of non-ortho nitro benzene ring substituents is 1. The fourth-order valence-corrected chi connectivity index (χ4v) is 3.40. The van der Waals surface area contributed by atoms with Crippen molar-refractivity contribution in [1.29, 1.82) is 0 Å².